The summed E-state index contributed by atoms with van der Waals surface area (Å²) in [5.74, 6) is -0.348. The molecular formula is C18H16FN3OS. The van der Waals surface area contributed by atoms with Crippen molar-refractivity contribution < 1.29 is 9.18 Å². The second-order valence-electron chi connectivity index (χ2n) is 5.44. The summed E-state index contributed by atoms with van der Waals surface area (Å²) < 4.78 is 12.9. The smallest absolute Gasteiger partial charge is 0.308 e. The first kappa shape index (κ1) is 16.1. The summed E-state index contributed by atoms with van der Waals surface area (Å²) in [6.45, 7) is 4.06. The van der Waals surface area contributed by atoms with Crippen LogP contribution in [0.3, 0.4) is 0 Å². The van der Waals surface area contributed by atoms with Gasteiger partial charge in [0.05, 0.1) is 5.69 Å². The van der Waals surface area contributed by atoms with Crippen molar-refractivity contribution in [3.05, 3.63) is 64.8 Å². The highest BCUT2D eigenvalue weighted by atomic mass is 32.1. The maximum atomic E-state index is 12.9. The van der Waals surface area contributed by atoms with Crippen molar-refractivity contribution in [3.63, 3.8) is 0 Å². The van der Waals surface area contributed by atoms with Gasteiger partial charge in [-0.2, -0.15) is 0 Å². The summed E-state index contributed by atoms with van der Waals surface area (Å²) in [6, 6.07) is 11.3. The zero-order valence-electron chi connectivity index (χ0n) is 13.3. The Morgan fingerprint density at radius 1 is 1.08 bits per heavy atom. The molecule has 0 aliphatic carbocycles. The summed E-state index contributed by atoms with van der Waals surface area (Å²) in [5, 5.41) is 7.75. The molecule has 0 fully saturated rings. The SMILES string of the molecule is Cc1ccc(C)c(-c2csc(NC(=O)Nc3ccc(F)cc3)n2)c1. The first-order valence-corrected chi connectivity index (χ1v) is 8.26. The fourth-order valence-corrected chi connectivity index (χ4v) is 2.96. The van der Waals surface area contributed by atoms with Gasteiger partial charge >= 0.3 is 6.03 Å². The third-order valence-electron chi connectivity index (χ3n) is 3.50. The van der Waals surface area contributed by atoms with Crippen LogP contribution in [0, 0.1) is 19.7 Å². The molecule has 24 heavy (non-hydrogen) atoms. The molecule has 2 aromatic carbocycles. The fraction of sp³-hybridized carbons (Fsp3) is 0.111. The van der Waals surface area contributed by atoms with Gasteiger partial charge in [-0.3, -0.25) is 5.32 Å². The van der Waals surface area contributed by atoms with Gasteiger partial charge < -0.3 is 5.32 Å². The van der Waals surface area contributed by atoms with E-state index in [0.717, 1.165) is 22.4 Å². The van der Waals surface area contributed by atoms with E-state index in [9.17, 15) is 9.18 Å². The molecule has 3 rings (SSSR count). The zero-order valence-corrected chi connectivity index (χ0v) is 14.1. The number of aromatic nitrogens is 1. The molecule has 0 aliphatic heterocycles. The highest BCUT2D eigenvalue weighted by Gasteiger charge is 2.10. The van der Waals surface area contributed by atoms with E-state index in [1.54, 1.807) is 0 Å². The van der Waals surface area contributed by atoms with Crippen LogP contribution in [0.5, 0.6) is 0 Å². The van der Waals surface area contributed by atoms with Crippen molar-refractivity contribution in [1.82, 2.24) is 4.98 Å². The predicted octanol–water partition coefficient (Wildman–Crippen LogP) is 5.21. The van der Waals surface area contributed by atoms with Gasteiger partial charge in [-0.1, -0.05) is 17.7 Å². The molecule has 2 N–H and O–H groups in total. The molecular weight excluding hydrogens is 325 g/mol. The quantitative estimate of drug-likeness (QED) is 0.687. The molecule has 1 aromatic heterocycles. The maximum Gasteiger partial charge on any atom is 0.325 e. The van der Waals surface area contributed by atoms with Crippen molar-refractivity contribution in [2.45, 2.75) is 13.8 Å². The molecule has 0 bridgehead atoms. The molecule has 4 nitrogen and oxygen atoms in total. The Balaban J connectivity index is 1.70. The van der Waals surface area contributed by atoms with Crippen molar-refractivity contribution in [2.75, 3.05) is 10.6 Å². The summed E-state index contributed by atoms with van der Waals surface area (Å²) in [5.41, 5.74) is 4.69. The molecule has 3 aromatic rings. The standard InChI is InChI=1S/C18H16FN3OS/c1-11-3-4-12(2)15(9-11)16-10-24-18(21-16)22-17(23)20-14-7-5-13(19)6-8-14/h3-10H,1-2H3,(H2,20,21,22,23). The van der Waals surface area contributed by atoms with Gasteiger partial charge in [0.15, 0.2) is 5.13 Å². The lowest BCUT2D eigenvalue weighted by Crippen LogP contribution is -2.19. The molecule has 0 atom stereocenters. The molecule has 1 heterocycles. The minimum atomic E-state index is -0.413. The first-order valence-electron chi connectivity index (χ1n) is 7.38. The highest BCUT2D eigenvalue weighted by molar-refractivity contribution is 7.14. The predicted molar refractivity (Wildman–Crippen MR) is 96.1 cm³/mol. The lowest BCUT2D eigenvalue weighted by atomic mass is 10.0. The number of carbonyl (C=O) groups excluding carboxylic acids is 1. The summed E-state index contributed by atoms with van der Waals surface area (Å²) in [7, 11) is 0. The van der Waals surface area contributed by atoms with E-state index in [1.807, 2.05) is 19.2 Å². The summed E-state index contributed by atoms with van der Waals surface area (Å²) in [6.07, 6.45) is 0. The molecule has 0 saturated heterocycles. The lowest BCUT2D eigenvalue weighted by Gasteiger charge is -2.05. The molecule has 122 valence electrons. The Hall–Kier alpha value is -2.73. The number of urea groups is 1. The van der Waals surface area contributed by atoms with Crippen LogP contribution >= 0.6 is 11.3 Å². The number of amides is 2. The number of nitrogens with zero attached hydrogens (tertiary/aromatic N) is 1. The van der Waals surface area contributed by atoms with Gasteiger partial charge in [-0.25, -0.2) is 14.2 Å². The molecule has 6 heteroatoms. The highest BCUT2D eigenvalue weighted by Crippen LogP contribution is 2.28. The molecule has 0 aliphatic rings. The normalized spacial score (nSPS) is 10.5. The monoisotopic (exact) mass is 341 g/mol. The topological polar surface area (TPSA) is 54.0 Å². The minimum absolute atomic E-state index is 0.348. The summed E-state index contributed by atoms with van der Waals surface area (Å²) in [4.78, 5) is 16.4. The Kier molecular flexibility index (Phi) is 4.57. The van der Waals surface area contributed by atoms with E-state index >= 15 is 0 Å². The van der Waals surface area contributed by atoms with Crippen molar-refractivity contribution >= 4 is 28.2 Å². The van der Waals surface area contributed by atoms with Crippen LogP contribution in [0.1, 0.15) is 11.1 Å². The van der Waals surface area contributed by atoms with Crippen LogP contribution < -0.4 is 10.6 Å². The van der Waals surface area contributed by atoms with Gasteiger partial charge in [-0.05, 0) is 49.7 Å². The van der Waals surface area contributed by atoms with E-state index in [2.05, 4.69) is 33.8 Å². The Morgan fingerprint density at radius 3 is 2.58 bits per heavy atom. The fourth-order valence-electron chi connectivity index (χ4n) is 2.26. The van der Waals surface area contributed by atoms with Crippen molar-refractivity contribution in [1.29, 1.82) is 0 Å². The number of carbonyl (C=O) groups is 1. The number of benzene rings is 2. The van der Waals surface area contributed by atoms with Crippen LogP contribution in [0.15, 0.2) is 47.8 Å². The number of thiazole rings is 1. The third-order valence-corrected chi connectivity index (χ3v) is 4.25. The van der Waals surface area contributed by atoms with Gasteiger partial charge in [-0.15, -0.1) is 11.3 Å². The van der Waals surface area contributed by atoms with Crippen LogP contribution in [0.4, 0.5) is 20.0 Å². The van der Waals surface area contributed by atoms with Crippen LogP contribution in [0.2, 0.25) is 0 Å². The molecule has 0 radical (unpaired) electrons. The van der Waals surface area contributed by atoms with Gasteiger partial charge in [0.1, 0.15) is 5.82 Å². The summed E-state index contributed by atoms with van der Waals surface area (Å²) >= 11 is 1.36. The van der Waals surface area contributed by atoms with E-state index in [4.69, 9.17) is 0 Å². The average Bonchev–Trinajstić information content (AvgIpc) is 3.00. The first-order chi connectivity index (χ1) is 11.5. The number of aryl methyl sites for hydroxylation is 2. The van der Waals surface area contributed by atoms with E-state index in [-0.39, 0.29) is 5.82 Å². The van der Waals surface area contributed by atoms with E-state index in [0.29, 0.717) is 10.8 Å². The van der Waals surface area contributed by atoms with Crippen molar-refractivity contribution in [3.8, 4) is 11.3 Å². The zero-order chi connectivity index (χ0) is 17.1. The molecule has 0 spiro atoms. The minimum Gasteiger partial charge on any atom is -0.308 e. The third kappa shape index (κ3) is 3.78. The largest absolute Gasteiger partial charge is 0.325 e. The second-order valence-corrected chi connectivity index (χ2v) is 6.30. The van der Waals surface area contributed by atoms with Crippen LogP contribution in [0.25, 0.3) is 11.3 Å². The lowest BCUT2D eigenvalue weighted by molar-refractivity contribution is 0.262. The number of hydrogen-bond acceptors (Lipinski definition) is 3. The number of hydrogen-bond donors (Lipinski definition) is 2. The van der Waals surface area contributed by atoms with E-state index in [1.165, 1.54) is 35.6 Å². The van der Waals surface area contributed by atoms with Crippen LogP contribution in [-0.2, 0) is 0 Å². The Labute approximate surface area is 143 Å². The Bertz CT molecular complexity index is 874. The van der Waals surface area contributed by atoms with Gasteiger partial charge in [0.25, 0.3) is 0 Å². The van der Waals surface area contributed by atoms with Crippen LogP contribution in [-0.4, -0.2) is 11.0 Å². The average molecular weight is 341 g/mol. The van der Waals surface area contributed by atoms with Crippen molar-refractivity contribution in [2.24, 2.45) is 0 Å². The molecule has 2 amide bonds. The molecule has 0 unspecified atom stereocenters. The number of nitrogens with one attached hydrogen (secondary N) is 2. The number of anilines is 2. The number of halogens is 1. The maximum absolute atomic E-state index is 12.9. The van der Waals surface area contributed by atoms with Gasteiger partial charge in [0, 0.05) is 16.6 Å². The van der Waals surface area contributed by atoms with Gasteiger partial charge in [0.2, 0.25) is 0 Å². The molecule has 0 saturated carbocycles. The second kappa shape index (κ2) is 6.80. The van der Waals surface area contributed by atoms with E-state index < -0.39 is 6.03 Å². The Morgan fingerprint density at radius 2 is 1.83 bits per heavy atom. The number of rotatable bonds is 3.